The van der Waals surface area contributed by atoms with Gasteiger partial charge in [0, 0.05) is 36.8 Å². The SMILES string of the molecule is Nc1ccccc1CCC(=O)N1CCC(C(=O)Nc2ccccc2)CC1. The van der Waals surface area contributed by atoms with Crippen LogP contribution < -0.4 is 11.1 Å². The molecule has 0 unspecified atom stereocenters. The van der Waals surface area contributed by atoms with E-state index in [4.69, 9.17) is 5.73 Å². The Labute approximate surface area is 154 Å². The number of nitrogens with zero attached hydrogens (tertiary/aromatic N) is 1. The van der Waals surface area contributed by atoms with Crippen LogP contribution in [0.5, 0.6) is 0 Å². The fraction of sp³-hybridized carbons (Fsp3) is 0.333. The van der Waals surface area contributed by atoms with Gasteiger partial charge in [0.05, 0.1) is 0 Å². The number of aryl methyl sites for hydroxylation is 1. The van der Waals surface area contributed by atoms with Gasteiger partial charge in [0.1, 0.15) is 0 Å². The largest absolute Gasteiger partial charge is 0.399 e. The van der Waals surface area contributed by atoms with Crippen molar-refractivity contribution >= 4 is 23.2 Å². The molecular formula is C21H25N3O2. The maximum absolute atomic E-state index is 12.4. The number of anilines is 2. The smallest absolute Gasteiger partial charge is 0.227 e. The molecule has 1 heterocycles. The lowest BCUT2D eigenvalue weighted by atomic mass is 9.95. The molecule has 136 valence electrons. The first kappa shape index (κ1) is 18.0. The number of likely N-dealkylation sites (tertiary alicyclic amines) is 1. The lowest BCUT2D eigenvalue weighted by molar-refractivity contribution is -0.134. The van der Waals surface area contributed by atoms with Crippen molar-refractivity contribution in [2.75, 3.05) is 24.1 Å². The van der Waals surface area contributed by atoms with Gasteiger partial charge in [-0.25, -0.2) is 0 Å². The zero-order valence-corrected chi connectivity index (χ0v) is 14.9. The van der Waals surface area contributed by atoms with Crippen molar-refractivity contribution in [1.82, 2.24) is 4.90 Å². The Morgan fingerprint density at radius 1 is 1.00 bits per heavy atom. The summed E-state index contributed by atoms with van der Waals surface area (Å²) in [5.41, 5.74) is 8.49. The predicted octanol–water partition coefficient (Wildman–Crippen LogP) is 3.08. The second kappa shape index (κ2) is 8.52. The average Bonchev–Trinajstić information content (AvgIpc) is 2.68. The Bertz CT molecular complexity index is 753. The van der Waals surface area contributed by atoms with Gasteiger partial charge in [0.2, 0.25) is 11.8 Å². The number of piperidine rings is 1. The van der Waals surface area contributed by atoms with E-state index in [1.54, 1.807) is 0 Å². The van der Waals surface area contributed by atoms with E-state index in [0.717, 1.165) is 16.9 Å². The summed E-state index contributed by atoms with van der Waals surface area (Å²) in [6, 6.07) is 17.1. The van der Waals surface area contributed by atoms with E-state index < -0.39 is 0 Å². The molecule has 2 amide bonds. The van der Waals surface area contributed by atoms with Crippen LogP contribution in [0.4, 0.5) is 11.4 Å². The van der Waals surface area contributed by atoms with E-state index in [0.29, 0.717) is 38.8 Å². The summed E-state index contributed by atoms with van der Waals surface area (Å²) in [7, 11) is 0. The van der Waals surface area contributed by atoms with Crippen molar-refractivity contribution in [2.45, 2.75) is 25.7 Å². The molecule has 5 nitrogen and oxygen atoms in total. The van der Waals surface area contributed by atoms with Crippen molar-refractivity contribution in [3.05, 3.63) is 60.2 Å². The summed E-state index contributed by atoms with van der Waals surface area (Å²) < 4.78 is 0. The standard InChI is InChI=1S/C21H25N3O2/c22-19-9-5-4-6-16(19)10-11-20(25)24-14-12-17(13-15-24)21(26)23-18-7-2-1-3-8-18/h1-9,17H,10-15,22H2,(H,23,26). The summed E-state index contributed by atoms with van der Waals surface area (Å²) in [5.74, 6) is 0.138. The molecule has 1 fully saturated rings. The summed E-state index contributed by atoms with van der Waals surface area (Å²) in [5, 5.41) is 2.95. The highest BCUT2D eigenvalue weighted by Crippen LogP contribution is 2.21. The third kappa shape index (κ3) is 4.63. The lowest BCUT2D eigenvalue weighted by Gasteiger charge is -2.31. The Morgan fingerprint density at radius 3 is 2.35 bits per heavy atom. The Hall–Kier alpha value is -2.82. The third-order valence-electron chi connectivity index (χ3n) is 4.92. The molecule has 3 rings (SSSR count). The summed E-state index contributed by atoms with van der Waals surface area (Å²) in [6.45, 7) is 1.27. The minimum absolute atomic E-state index is 0.0379. The number of para-hydroxylation sites is 2. The zero-order valence-electron chi connectivity index (χ0n) is 14.9. The molecule has 3 N–H and O–H groups in total. The monoisotopic (exact) mass is 351 g/mol. The van der Waals surface area contributed by atoms with Crippen molar-refractivity contribution in [3.63, 3.8) is 0 Å². The van der Waals surface area contributed by atoms with Crippen LogP contribution in [-0.2, 0) is 16.0 Å². The number of hydrogen-bond donors (Lipinski definition) is 2. The Balaban J connectivity index is 1.45. The fourth-order valence-corrected chi connectivity index (χ4v) is 3.32. The molecular weight excluding hydrogens is 326 g/mol. The van der Waals surface area contributed by atoms with Crippen molar-refractivity contribution in [3.8, 4) is 0 Å². The van der Waals surface area contributed by atoms with Gasteiger partial charge < -0.3 is 16.0 Å². The molecule has 0 radical (unpaired) electrons. The van der Waals surface area contributed by atoms with E-state index in [2.05, 4.69) is 5.32 Å². The molecule has 5 heteroatoms. The number of hydrogen-bond acceptors (Lipinski definition) is 3. The molecule has 0 aromatic heterocycles. The van der Waals surface area contributed by atoms with E-state index >= 15 is 0 Å². The minimum Gasteiger partial charge on any atom is -0.399 e. The number of benzene rings is 2. The summed E-state index contributed by atoms with van der Waals surface area (Å²) >= 11 is 0. The van der Waals surface area contributed by atoms with Crippen LogP contribution in [0.3, 0.4) is 0 Å². The highest BCUT2D eigenvalue weighted by molar-refractivity contribution is 5.92. The number of carbonyl (C=O) groups excluding carboxylic acids is 2. The highest BCUT2D eigenvalue weighted by atomic mass is 16.2. The van der Waals surface area contributed by atoms with Gasteiger partial charge >= 0.3 is 0 Å². The molecule has 2 aromatic rings. The second-order valence-electron chi connectivity index (χ2n) is 6.71. The van der Waals surface area contributed by atoms with Crippen molar-refractivity contribution in [1.29, 1.82) is 0 Å². The maximum atomic E-state index is 12.4. The third-order valence-corrected chi connectivity index (χ3v) is 4.92. The highest BCUT2D eigenvalue weighted by Gasteiger charge is 2.27. The molecule has 1 saturated heterocycles. The fourth-order valence-electron chi connectivity index (χ4n) is 3.32. The molecule has 0 spiro atoms. The summed E-state index contributed by atoms with van der Waals surface area (Å²) in [4.78, 5) is 26.7. The number of nitrogen functional groups attached to an aromatic ring is 1. The predicted molar refractivity (Wildman–Crippen MR) is 104 cm³/mol. The number of nitrogens with one attached hydrogen (secondary N) is 1. The second-order valence-corrected chi connectivity index (χ2v) is 6.71. The molecule has 0 bridgehead atoms. The van der Waals surface area contributed by atoms with Crippen LogP contribution >= 0.6 is 0 Å². The molecule has 1 aliphatic heterocycles. The number of nitrogens with two attached hydrogens (primary N) is 1. The van der Waals surface area contributed by atoms with Gasteiger partial charge in [-0.15, -0.1) is 0 Å². The molecule has 0 aliphatic carbocycles. The lowest BCUT2D eigenvalue weighted by Crippen LogP contribution is -2.41. The number of rotatable bonds is 5. The molecule has 0 saturated carbocycles. The van der Waals surface area contributed by atoms with E-state index in [1.165, 1.54) is 0 Å². The molecule has 2 aromatic carbocycles. The zero-order chi connectivity index (χ0) is 18.4. The van der Waals surface area contributed by atoms with E-state index in [1.807, 2.05) is 59.5 Å². The van der Waals surface area contributed by atoms with E-state index in [-0.39, 0.29) is 17.7 Å². The first-order chi connectivity index (χ1) is 12.6. The van der Waals surface area contributed by atoms with Crippen LogP contribution in [0, 0.1) is 5.92 Å². The van der Waals surface area contributed by atoms with Gasteiger partial charge in [-0.2, -0.15) is 0 Å². The Morgan fingerprint density at radius 2 is 1.65 bits per heavy atom. The Kier molecular flexibility index (Phi) is 5.89. The number of amides is 2. The van der Waals surface area contributed by atoms with Crippen LogP contribution in [0.1, 0.15) is 24.8 Å². The van der Waals surface area contributed by atoms with Gasteiger partial charge in [0.15, 0.2) is 0 Å². The van der Waals surface area contributed by atoms with Gasteiger partial charge in [-0.05, 0) is 43.0 Å². The minimum atomic E-state index is -0.0379. The average molecular weight is 351 g/mol. The van der Waals surface area contributed by atoms with Crippen LogP contribution in [0.2, 0.25) is 0 Å². The topological polar surface area (TPSA) is 75.4 Å². The van der Waals surface area contributed by atoms with Crippen molar-refractivity contribution < 1.29 is 9.59 Å². The van der Waals surface area contributed by atoms with Gasteiger partial charge in [-0.1, -0.05) is 36.4 Å². The van der Waals surface area contributed by atoms with Crippen LogP contribution in [0.25, 0.3) is 0 Å². The van der Waals surface area contributed by atoms with Crippen LogP contribution in [0.15, 0.2) is 54.6 Å². The maximum Gasteiger partial charge on any atom is 0.227 e. The normalized spacial score (nSPS) is 14.8. The summed E-state index contributed by atoms with van der Waals surface area (Å²) in [6.07, 6.45) is 2.52. The van der Waals surface area contributed by atoms with Gasteiger partial charge in [-0.3, -0.25) is 9.59 Å². The van der Waals surface area contributed by atoms with Crippen LogP contribution in [-0.4, -0.2) is 29.8 Å². The first-order valence-electron chi connectivity index (χ1n) is 9.10. The first-order valence-corrected chi connectivity index (χ1v) is 9.10. The van der Waals surface area contributed by atoms with E-state index in [9.17, 15) is 9.59 Å². The molecule has 1 aliphatic rings. The molecule has 26 heavy (non-hydrogen) atoms. The number of carbonyl (C=O) groups is 2. The van der Waals surface area contributed by atoms with Gasteiger partial charge in [0.25, 0.3) is 0 Å². The van der Waals surface area contributed by atoms with Crippen molar-refractivity contribution in [2.24, 2.45) is 5.92 Å². The quantitative estimate of drug-likeness (QED) is 0.813. The molecule has 0 atom stereocenters.